The minimum atomic E-state index is -0.588. The van der Waals surface area contributed by atoms with Crippen molar-refractivity contribution in [1.29, 1.82) is 0 Å². The Morgan fingerprint density at radius 1 is 1.33 bits per heavy atom. The predicted octanol–water partition coefficient (Wildman–Crippen LogP) is 1.68. The molecule has 0 bridgehead atoms. The van der Waals surface area contributed by atoms with E-state index in [-0.39, 0.29) is 12.4 Å². The Labute approximate surface area is 145 Å². The smallest absolute Gasteiger partial charge is 0.307 e. The molecule has 0 fully saturated rings. The fraction of sp³-hybridized carbons (Fsp3) is 0.133. The van der Waals surface area contributed by atoms with E-state index >= 15 is 0 Å². The summed E-state index contributed by atoms with van der Waals surface area (Å²) in [5.41, 5.74) is 8.02. The summed E-state index contributed by atoms with van der Waals surface area (Å²) in [6.45, 7) is -0.251. The Bertz CT molecular complexity index is 772. The molecule has 0 saturated heterocycles. The Hall–Kier alpha value is -2.81. The number of nitrogens with zero attached hydrogens (tertiary/aromatic N) is 1. The van der Waals surface area contributed by atoms with Gasteiger partial charge in [-0.05, 0) is 51.8 Å². The van der Waals surface area contributed by atoms with Crippen molar-refractivity contribution in [2.45, 2.75) is 0 Å². The lowest BCUT2D eigenvalue weighted by atomic mass is 10.2. The van der Waals surface area contributed by atoms with Gasteiger partial charge in [-0.3, -0.25) is 9.59 Å². The Morgan fingerprint density at radius 3 is 2.75 bits per heavy atom. The van der Waals surface area contributed by atoms with E-state index in [1.54, 1.807) is 24.3 Å². The first-order chi connectivity index (χ1) is 11.5. The number of benzene rings is 1. The number of amides is 2. The van der Waals surface area contributed by atoms with Gasteiger partial charge in [0.05, 0.1) is 13.3 Å². The largest absolute Gasteiger partial charge is 0.493 e. The first-order valence-corrected chi connectivity index (χ1v) is 7.47. The van der Waals surface area contributed by atoms with Crippen LogP contribution >= 0.6 is 15.9 Å². The Kier molecular flexibility index (Phi) is 5.96. The van der Waals surface area contributed by atoms with Gasteiger partial charge in [0.25, 0.3) is 5.91 Å². The van der Waals surface area contributed by atoms with E-state index < -0.39 is 11.8 Å². The van der Waals surface area contributed by atoms with Gasteiger partial charge in [-0.25, -0.2) is 5.43 Å². The van der Waals surface area contributed by atoms with E-state index in [1.165, 1.54) is 19.4 Å². The lowest BCUT2D eigenvalue weighted by Gasteiger charge is -2.09. The van der Waals surface area contributed by atoms with Crippen LogP contribution in [0, 0.1) is 0 Å². The van der Waals surface area contributed by atoms with Crippen molar-refractivity contribution in [2.75, 3.05) is 13.7 Å². The number of furan rings is 1. The number of carbonyl (C=O) groups excluding carboxylic acids is 2. The summed E-state index contributed by atoms with van der Waals surface area (Å²) < 4.78 is 15.9. The molecule has 126 valence electrons. The van der Waals surface area contributed by atoms with Crippen LogP contribution in [0.15, 0.2) is 44.5 Å². The number of hydrogen-bond acceptors (Lipinski definition) is 6. The summed E-state index contributed by atoms with van der Waals surface area (Å²) in [4.78, 5) is 22.5. The first kappa shape index (κ1) is 17.5. The number of halogens is 1. The summed E-state index contributed by atoms with van der Waals surface area (Å²) in [5.74, 6) is -0.161. The third kappa shape index (κ3) is 4.85. The van der Waals surface area contributed by atoms with Crippen LogP contribution in [0.1, 0.15) is 16.1 Å². The highest BCUT2D eigenvalue weighted by atomic mass is 79.9. The van der Waals surface area contributed by atoms with Crippen molar-refractivity contribution >= 4 is 34.0 Å². The van der Waals surface area contributed by atoms with Crippen LogP contribution in [0.2, 0.25) is 0 Å². The highest BCUT2D eigenvalue weighted by Gasteiger charge is 2.09. The van der Waals surface area contributed by atoms with Gasteiger partial charge in [-0.1, -0.05) is 0 Å². The lowest BCUT2D eigenvalue weighted by molar-refractivity contribution is -0.119. The van der Waals surface area contributed by atoms with E-state index in [4.69, 9.17) is 19.6 Å². The molecule has 3 N–H and O–H groups in total. The molecule has 24 heavy (non-hydrogen) atoms. The van der Waals surface area contributed by atoms with Crippen LogP contribution in [-0.2, 0) is 4.79 Å². The number of hydrazone groups is 1. The highest BCUT2D eigenvalue weighted by Crippen LogP contribution is 2.27. The number of carbonyl (C=O) groups is 2. The molecule has 0 unspecified atom stereocenters. The van der Waals surface area contributed by atoms with E-state index in [9.17, 15) is 9.59 Å². The molecule has 0 spiro atoms. The average Bonchev–Trinajstić information content (AvgIpc) is 2.99. The zero-order chi connectivity index (χ0) is 17.5. The maximum Gasteiger partial charge on any atom is 0.307 e. The molecule has 8 nitrogen and oxygen atoms in total. The van der Waals surface area contributed by atoms with Crippen LogP contribution in [0.3, 0.4) is 0 Å². The first-order valence-electron chi connectivity index (χ1n) is 6.67. The van der Waals surface area contributed by atoms with Gasteiger partial charge in [0.1, 0.15) is 0 Å². The van der Waals surface area contributed by atoms with Crippen molar-refractivity contribution in [3.63, 3.8) is 0 Å². The number of methoxy groups -OCH3 is 1. The standard InChI is InChI=1S/C15H14BrN3O5/c1-22-12-6-9(2-3-10(12)23-8-14(17)20)7-18-19-15(21)11-4-5-13(16)24-11/h2-7H,8H2,1H3,(H2,17,20)(H,19,21)/b18-7-. The highest BCUT2D eigenvalue weighted by molar-refractivity contribution is 9.10. The maximum atomic E-state index is 11.7. The molecule has 2 aromatic rings. The minimum Gasteiger partial charge on any atom is -0.493 e. The topological polar surface area (TPSA) is 116 Å². The summed E-state index contributed by atoms with van der Waals surface area (Å²) in [7, 11) is 1.46. The molecule has 0 radical (unpaired) electrons. The number of hydrogen-bond donors (Lipinski definition) is 2. The third-order valence-electron chi connectivity index (χ3n) is 2.73. The summed E-state index contributed by atoms with van der Waals surface area (Å²) >= 11 is 3.11. The molecular formula is C15H14BrN3O5. The number of primary amides is 1. The Morgan fingerprint density at radius 2 is 2.12 bits per heavy atom. The van der Waals surface area contributed by atoms with E-state index in [0.29, 0.717) is 21.7 Å². The molecule has 0 aliphatic carbocycles. The molecule has 1 aromatic carbocycles. The summed E-state index contributed by atoms with van der Waals surface area (Å²) in [6, 6.07) is 8.04. The lowest BCUT2D eigenvalue weighted by Crippen LogP contribution is -2.20. The van der Waals surface area contributed by atoms with Gasteiger partial charge in [0.2, 0.25) is 0 Å². The summed E-state index contributed by atoms with van der Waals surface area (Å²) in [5, 5.41) is 3.84. The van der Waals surface area contributed by atoms with Gasteiger partial charge in [0.15, 0.2) is 28.5 Å². The van der Waals surface area contributed by atoms with Crippen molar-refractivity contribution < 1.29 is 23.5 Å². The van der Waals surface area contributed by atoms with Crippen LogP contribution in [0.5, 0.6) is 11.5 Å². The molecule has 0 saturated carbocycles. The van der Waals surface area contributed by atoms with Gasteiger partial charge < -0.3 is 19.6 Å². The van der Waals surface area contributed by atoms with E-state index in [1.807, 2.05) is 0 Å². The second kappa shape index (κ2) is 8.16. The quantitative estimate of drug-likeness (QED) is 0.546. The molecule has 0 atom stereocenters. The normalized spacial score (nSPS) is 10.6. The van der Waals surface area contributed by atoms with Gasteiger partial charge >= 0.3 is 5.91 Å². The molecule has 9 heteroatoms. The van der Waals surface area contributed by atoms with E-state index in [0.717, 1.165) is 0 Å². The minimum absolute atomic E-state index is 0.131. The number of nitrogens with two attached hydrogens (primary N) is 1. The van der Waals surface area contributed by atoms with Crippen LogP contribution in [-0.4, -0.2) is 31.7 Å². The molecule has 0 aliphatic rings. The van der Waals surface area contributed by atoms with Crippen LogP contribution in [0.4, 0.5) is 0 Å². The number of ether oxygens (including phenoxy) is 2. The van der Waals surface area contributed by atoms with Crippen molar-refractivity contribution in [3.05, 3.63) is 46.3 Å². The van der Waals surface area contributed by atoms with Gasteiger partial charge in [0, 0.05) is 0 Å². The van der Waals surface area contributed by atoms with Crippen molar-refractivity contribution in [2.24, 2.45) is 10.8 Å². The molecule has 1 aromatic heterocycles. The fourth-order valence-electron chi connectivity index (χ4n) is 1.69. The van der Waals surface area contributed by atoms with Crippen LogP contribution < -0.4 is 20.6 Å². The summed E-state index contributed by atoms with van der Waals surface area (Å²) in [6.07, 6.45) is 1.43. The van der Waals surface area contributed by atoms with Crippen molar-refractivity contribution in [1.82, 2.24) is 5.43 Å². The monoisotopic (exact) mass is 395 g/mol. The zero-order valence-electron chi connectivity index (χ0n) is 12.6. The number of nitrogens with one attached hydrogen (secondary N) is 1. The van der Waals surface area contributed by atoms with Crippen molar-refractivity contribution in [3.8, 4) is 11.5 Å². The van der Waals surface area contributed by atoms with E-state index in [2.05, 4.69) is 26.5 Å². The number of rotatable bonds is 7. The zero-order valence-corrected chi connectivity index (χ0v) is 14.2. The molecule has 1 heterocycles. The second-order valence-corrected chi connectivity index (χ2v) is 5.25. The fourth-order valence-corrected chi connectivity index (χ4v) is 2.00. The second-order valence-electron chi connectivity index (χ2n) is 4.47. The molecule has 2 amide bonds. The van der Waals surface area contributed by atoms with Gasteiger partial charge in [-0.2, -0.15) is 5.10 Å². The SMILES string of the molecule is COc1cc(/C=N\NC(=O)c2ccc(Br)o2)ccc1OCC(N)=O. The molecule has 2 rings (SSSR count). The van der Waals surface area contributed by atoms with Crippen LogP contribution in [0.25, 0.3) is 0 Å². The average molecular weight is 396 g/mol. The molecular weight excluding hydrogens is 382 g/mol. The maximum absolute atomic E-state index is 11.7. The molecule has 0 aliphatic heterocycles. The predicted molar refractivity (Wildman–Crippen MR) is 89.2 cm³/mol. The Balaban J connectivity index is 2.01. The third-order valence-corrected chi connectivity index (χ3v) is 3.16. The van der Waals surface area contributed by atoms with Gasteiger partial charge in [-0.15, -0.1) is 0 Å².